The number of Topliss-reactive ketones (excluding diaryl/α,β-unsaturated/α-hetero) is 1. The average Bonchev–Trinajstić information content (AvgIpc) is 2.99. The van der Waals surface area contributed by atoms with E-state index in [4.69, 9.17) is 9.47 Å². The van der Waals surface area contributed by atoms with Gasteiger partial charge in [0.05, 0.1) is 24.7 Å². The van der Waals surface area contributed by atoms with Crippen molar-refractivity contribution in [2.75, 3.05) is 19.0 Å². The minimum atomic E-state index is -0.286. The molecule has 146 valence electrons. The minimum Gasteiger partial charge on any atom is -0.493 e. The molecule has 7 nitrogen and oxygen atoms in total. The molecule has 0 unspecified atom stereocenters. The maximum Gasteiger partial charge on any atom is 0.262 e. The Morgan fingerprint density at radius 2 is 2.00 bits per heavy atom. The minimum absolute atomic E-state index is 0.0666. The molecule has 2 rings (SSSR count). The SMILES string of the molecule is CCc1c(NC(=O)COc2ccc(C(C)=O)cc2OC)cnn1CC(C)C. The van der Waals surface area contributed by atoms with Gasteiger partial charge in [-0.15, -0.1) is 0 Å². The topological polar surface area (TPSA) is 82.4 Å². The lowest BCUT2D eigenvalue weighted by molar-refractivity contribution is -0.118. The molecular formula is C20H27N3O4. The maximum absolute atomic E-state index is 12.3. The molecule has 27 heavy (non-hydrogen) atoms. The quantitative estimate of drug-likeness (QED) is 0.682. The van der Waals surface area contributed by atoms with Gasteiger partial charge in [0.2, 0.25) is 0 Å². The molecule has 0 aliphatic rings. The highest BCUT2D eigenvalue weighted by Crippen LogP contribution is 2.28. The average molecular weight is 373 g/mol. The first kappa shape index (κ1) is 20.5. The fraction of sp³-hybridized carbons (Fsp3) is 0.450. The van der Waals surface area contributed by atoms with Crippen LogP contribution >= 0.6 is 0 Å². The molecule has 0 bridgehead atoms. The number of nitrogens with zero attached hydrogens (tertiary/aromatic N) is 2. The van der Waals surface area contributed by atoms with Gasteiger partial charge in [0, 0.05) is 12.1 Å². The lowest BCUT2D eigenvalue weighted by atomic mass is 10.1. The van der Waals surface area contributed by atoms with E-state index in [0.717, 1.165) is 18.7 Å². The van der Waals surface area contributed by atoms with Crippen LogP contribution in [0.25, 0.3) is 0 Å². The zero-order valence-corrected chi connectivity index (χ0v) is 16.5. The number of nitrogens with one attached hydrogen (secondary N) is 1. The van der Waals surface area contributed by atoms with Gasteiger partial charge < -0.3 is 14.8 Å². The van der Waals surface area contributed by atoms with Gasteiger partial charge in [-0.2, -0.15) is 5.10 Å². The van der Waals surface area contributed by atoms with Crippen LogP contribution in [0, 0.1) is 5.92 Å². The summed E-state index contributed by atoms with van der Waals surface area (Å²) in [5.74, 6) is 0.931. The Morgan fingerprint density at radius 1 is 1.26 bits per heavy atom. The predicted molar refractivity (Wildman–Crippen MR) is 104 cm³/mol. The van der Waals surface area contributed by atoms with Crippen molar-refractivity contribution >= 4 is 17.4 Å². The third-order valence-corrected chi connectivity index (χ3v) is 4.02. The van der Waals surface area contributed by atoms with Crippen molar-refractivity contribution in [3.63, 3.8) is 0 Å². The summed E-state index contributed by atoms with van der Waals surface area (Å²) in [6, 6.07) is 4.87. The number of benzene rings is 1. The Balaban J connectivity index is 2.03. The first-order valence-corrected chi connectivity index (χ1v) is 9.02. The van der Waals surface area contributed by atoms with E-state index in [0.29, 0.717) is 28.7 Å². The van der Waals surface area contributed by atoms with Crippen LogP contribution in [0.2, 0.25) is 0 Å². The van der Waals surface area contributed by atoms with E-state index >= 15 is 0 Å². The van der Waals surface area contributed by atoms with Gasteiger partial charge >= 0.3 is 0 Å². The van der Waals surface area contributed by atoms with Gasteiger partial charge in [0.25, 0.3) is 5.91 Å². The zero-order valence-electron chi connectivity index (χ0n) is 16.5. The van der Waals surface area contributed by atoms with Gasteiger partial charge in [-0.1, -0.05) is 20.8 Å². The first-order valence-electron chi connectivity index (χ1n) is 9.02. The summed E-state index contributed by atoms with van der Waals surface area (Å²) in [6.07, 6.45) is 2.44. The van der Waals surface area contributed by atoms with Crippen molar-refractivity contribution in [3.8, 4) is 11.5 Å². The van der Waals surface area contributed by atoms with E-state index in [1.165, 1.54) is 14.0 Å². The van der Waals surface area contributed by atoms with Crippen LogP contribution in [-0.4, -0.2) is 35.2 Å². The number of hydrogen-bond donors (Lipinski definition) is 1. The van der Waals surface area contributed by atoms with Gasteiger partial charge in [-0.3, -0.25) is 14.3 Å². The van der Waals surface area contributed by atoms with Crippen LogP contribution in [0.1, 0.15) is 43.7 Å². The summed E-state index contributed by atoms with van der Waals surface area (Å²) in [6.45, 7) is 8.38. The molecule has 1 aromatic heterocycles. The lowest BCUT2D eigenvalue weighted by Gasteiger charge is -2.12. The molecule has 1 N–H and O–H groups in total. The van der Waals surface area contributed by atoms with E-state index < -0.39 is 0 Å². The molecule has 0 aliphatic heterocycles. The second-order valence-electron chi connectivity index (χ2n) is 6.69. The van der Waals surface area contributed by atoms with Crippen molar-refractivity contribution in [1.82, 2.24) is 9.78 Å². The van der Waals surface area contributed by atoms with E-state index in [1.807, 2.05) is 11.6 Å². The normalized spacial score (nSPS) is 10.7. The summed E-state index contributed by atoms with van der Waals surface area (Å²) >= 11 is 0. The highest BCUT2D eigenvalue weighted by atomic mass is 16.5. The number of anilines is 1. The summed E-state index contributed by atoms with van der Waals surface area (Å²) in [5, 5.41) is 7.21. The number of carbonyl (C=O) groups is 2. The molecule has 1 amide bonds. The third-order valence-electron chi connectivity index (χ3n) is 4.02. The number of rotatable bonds is 9. The Labute approximate surface area is 159 Å². The zero-order chi connectivity index (χ0) is 20.0. The molecule has 0 aliphatic carbocycles. The molecule has 0 saturated heterocycles. The monoisotopic (exact) mass is 373 g/mol. The number of hydrogen-bond acceptors (Lipinski definition) is 5. The molecule has 2 aromatic rings. The maximum atomic E-state index is 12.3. The number of ether oxygens (including phenoxy) is 2. The first-order chi connectivity index (χ1) is 12.8. The predicted octanol–water partition coefficient (Wildman–Crippen LogP) is 3.33. The van der Waals surface area contributed by atoms with Crippen molar-refractivity contribution in [1.29, 1.82) is 0 Å². The van der Waals surface area contributed by atoms with Crippen LogP contribution in [0.3, 0.4) is 0 Å². The molecule has 0 spiro atoms. The largest absolute Gasteiger partial charge is 0.493 e. The van der Waals surface area contributed by atoms with Crippen molar-refractivity contribution in [3.05, 3.63) is 35.7 Å². The number of ketones is 1. The Kier molecular flexibility index (Phi) is 6.98. The number of amides is 1. The second-order valence-corrected chi connectivity index (χ2v) is 6.69. The molecule has 0 atom stereocenters. The number of aromatic nitrogens is 2. The van der Waals surface area contributed by atoms with Gasteiger partial charge in [-0.25, -0.2) is 0 Å². The number of carbonyl (C=O) groups excluding carboxylic acids is 2. The van der Waals surface area contributed by atoms with Crippen LogP contribution in [0.4, 0.5) is 5.69 Å². The standard InChI is InChI=1S/C20H27N3O4/c1-6-17-16(10-21-23(17)11-13(2)3)22-20(25)12-27-18-8-7-15(14(4)24)9-19(18)26-5/h7-10,13H,6,11-12H2,1-5H3,(H,22,25). The third kappa shape index (κ3) is 5.32. The van der Waals surface area contributed by atoms with E-state index in [2.05, 4.69) is 24.3 Å². The van der Waals surface area contributed by atoms with Crippen molar-refractivity contribution < 1.29 is 19.1 Å². The van der Waals surface area contributed by atoms with E-state index in [1.54, 1.807) is 24.4 Å². The molecule has 0 fully saturated rings. The van der Waals surface area contributed by atoms with Gasteiger partial charge in [0.1, 0.15) is 0 Å². The smallest absolute Gasteiger partial charge is 0.262 e. The molecule has 0 saturated carbocycles. The van der Waals surface area contributed by atoms with Gasteiger partial charge in [0.15, 0.2) is 23.9 Å². The highest BCUT2D eigenvalue weighted by molar-refractivity contribution is 5.95. The Morgan fingerprint density at radius 3 is 2.59 bits per heavy atom. The molecular weight excluding hydrogens is 346 g/mol. The summed E-state index contributed by atoms with van der Waals surface area (Å²) in [5.41, 5.74) is 2.21. The molecule has 1 aromatic carbocycles. The highest BCUT2D eigenvalue weighted by Gasteiger charge is 2.14. The molecule has 1 heterocycles. The van der Waals surface area contributed by atoms with E-state index in [9.17, 15) is 9.59 Å². The second kappa shape index (κ2) is 9.21. The fourth-order valence-electron chi connectivity index (χ4n) is 2.73. The van der Waals surface area contributed by atoms with Crippen LogP contribution < -0.4 is 14.8 Å². The van der Waals surface area contributed by atoms with Crippen molar-refractivity contribution in [2.45, 2.75) is 40.7 Å². The van der Waals surface area contributed by atoms with E-state index in [-0.39, 0.29) is 18.3 Å². The Bertz CT molecular complexity index is 812. The summed E-state index contributed by atoms with van der Waals surface area (Å²) in [7, 11) is 1.49. The van der Waals surface area contributed by atoms with Crippen LogP contribution in [0.5, 0.6) is 11.5 Å². The summed E-state index contributed by atoms with van der Waals surface area (Å²) in [4.78, 5) is 23.7. The molecule has 7 heteroatoms. The molecule has 0 radical (unpaired) electrons. The van der Waals surface area contributed by atoms with Crippen LogP contribution in [0.15, 0.2) is 24.4 Å². The lowest BCUT2D eigenvalue weighted by Crippen LogP contribution is -2.21. The number of methoxy groups -OCH3 is 1. The fourth-order valence-corrected chi connectivity index (χ4v) is 2.73. The van der Waals surface area contributed by atoms with Gasteiger partial charge in [-0.05, 0) is 37.5 Å². The summed E-state index contributed by atoms with van der Waals surface area (Å²) < 4.78 is 12.7. The van der Waals surface area contributed by atoms with Crippen molar-refractivity contribution in [2.24, 2.45) is 5.92 Å². The Hall–Kier alpha value is -2.83. The van der Waals surface area contributed by atoms with Crippen LogP contribution in [-0.2, 0) is 17.8 Å².